The van der Waals surface area contributed by atoms with Gasteiger partial charge in [0.2, 0.25) is 0 Å². The number of nitrogens with zero attached hydrogens (tertiary/aromatic N) is 1. The average molecular weight is 272 g/mol. The average Bonchev–Trinajstić information content (AvgIpc) is 2.39. The van der Waals surface area contributed by atoms with E-state index < -0.39 is 0 Å². The number of hydrogen-bond donors (Lipinski definition) is 1. The van der Waals surface area contributed by atoms with E-state index in [4.69, 9.17) is 0 Å². The number of benzene rings is 2. The molecule has 106 valence electrons. The normalized spacial score (nSPS) is 10.6. The van der Waals surface area contributed by atoms with Crippen molar-refractivity contribution in [2.24, 2.45) is 0 Å². The SMILES string of the molecule is CNCc1ccc(N(C)Cc2cccc(C)c2)c(F)c1. The molecule has 0 aliphatic carbocycles. The second-order valence-corrected chi connectivity index (χ2v) is 5.16. The molecule has 0 saturated heterocycles. The van der Waals surface area contributed by atoms with Crippen LogP contribution in [-0.4, -0.2) is 14.1 Å². The van der Waals surface area contributed by atoms with Crippen LogP contribution in [-0.2, 0) is 13.1 Å². The minimum Gasteiger partial charge on any atom is -0.368 e. The van der Waals surface area contributed by atoms with Crippen molar-refractivity contribution in [2.75, 3.05) is 19.0 Å². The van der Waals surface area contributed by atoms with Gasteiger partial charge >= 0.3 is 0 Å². The number of anilines is 1. The molecule has 0 amide bonds. The second-order valence-electron chi connectivity index (χ2n) is 5.16. The monoisotopic (exact) mass is 272 g/mol. The van der Waals surface area contributed by atoms with Crippen LogP contribution >= 0.6 is 0 Å². The van der Waals surface area contributed by atoms with Gasteiger partial charge in [-0.1, -0.05) is 35.9 Å². The van der Waals surface area contributed by atoms with Crippen molar-refractivity contribution >= 4 is 5.69 Å². The Morgan fingerprint density at radius 3 is 2.55 bits per heavy atom. The van der Waals surface area contributed by atoms with Crippen LogP contribution in [0.3, 0.4) is 0 Å². The highest BCUT2D eigenvalue weighted by atomic mass is 19.1. The van der Waals surface area contributed by atoms with Crippen LogP contribution in [0.15, 0.2) is 42.5 Å². The zero-order chi connectivity index (χ0) is 14.5. The molecule has 2 aromatic rings. The molecule has 0 unspecified atom stereocenters. The summed E-state index contributed by atoms with van der Waals surface area (Å²) in [5.74, 6) is -0.173. The third-order valence-corrected chi connectivity index (χ3v) is 3.31. The van der Waals surface area contributed by atoms with Gasteiger partial charge in [-0.25, -0.2) is 4.39 Å². The van der Waals surface area contributed by atoms with Crippen LogP contribution in [0.4, 0.5) is 10.1 Å². The first-order chi connectivity index (χ1) is 9.60. The number of rotatable bonds is 5. The molecule has 0 spiro atoms. The molecule has 1 N–H and O–H groups in total. The molecule has 0 aliphatic heterocycles. The van der Waals surface area contributed by atoms with Gasteiger partial charge < -0.3 is 10.2 Å². The maximum Gasteiger partial charge on any atom is 0.146 e. The van der Waals surface area contributed by atoms with Gasteiger partial charge in [-0.05, 0) is 37.2 Å². The molecule has 0 heterocycles. The van der Waals surface area contributed by atoms with Gasteiger partial charge in [-0.15, -0.1) is 0 Å². The van der Waals surface area contributed by atoms with Crippen LogP contribution in [0.1, 0.15) is 16.7 Å². The van der Waals surface area contributed by atoms with Gasteiger partial charge in [0.25, 0.3) is 0 Å². The van der Waals surface area contributed by atoms with Crippen LogP contribution in [0, 0.1) is 12.7 Å². The first kappa shape index (κ1) is 14.5. The summed E-state index contributed by atoms with van der Waals surface area (Å²) in [5.41, 5.74) is 4.00. The minimum atomic E-state index is -0.173. The maximum absolute atomic E-state index is 14.1. The van der Waals surface area contributed by atoms with E-state index in [1.54, 1.807) is 6.07 Å². The van der Waals surface area contributed by atoms with Gasteiger partial charge in [0.1, 0.15) is 5.82 Å². The number of nitrogens with one attached hydrogen (secondary N) is 1. The molecule has 2 aromatic carbocycles. The maximum atomic E-state index is 14.1. The van der Waals surface area contributed by atoms with Crippen LogP contribution in [0.25, 0.3) is 0 Å². The third kappa shape index (κ3) is 3.58. The van der Waals surface area contributed by atoms with E-state index in [0.29, 0.717) is 18.8 Å². The Morgan fingerprint density at radius 1 is 1.10 bits per heavy atom. The van der Waals surface area contributed by atoms with Crippen molar-refractivity contribution in [3.8, 4) is 0 Å². The highest BCUT2D eigenvalue weighted by molar-refractivity contribution is 5.49. The van der Waals surface area contributed by atoms with Crippen molar-refractivity contribution in [3.63, 3.8) is 0 Å². The molecule has 3 heteroatoms. The van der Waals surface area contributed by atoms with E-state index in [9.17, 15) is 4.39 Å². The van der Waals surface area contributed by atoms with E-state index >= 15 is 0 Å². The molecule has 0 bridgehead atoms. The Balaban J connectivity index is 2.14. The van der Waals surface area contributed by atoms with E-state index in [0.717, 1.165) is 5.56 Å². The number of halogens is 1. The standard InChI is InChI=1S/C17H21FN2/c1-13-5-4-6-15(9-13)12-20(3)17-8-7-14(11-19-2)10-16(17)18/h4-10,19H,11-12H2,1-3H3. The molecular weight excluding hydrogens is 251 g/mol. The Morgan fingerprint density at radius 2 is 1.90 bits per heavy atom. The summed E-state index contributed by atoms with van der Waals surface area (Å²) in [6.45, 7) is 3.44. The molecule has 0 atom stereocenters. The molecule has 0 aromatic heterocycles. The summed E-state index contributed by atoms with van der Waals surface area (Å²) in [7, 11) is 3.77. The zero-order valence-electron chi connectivity index (χ0n) is 12.3. The zero-order valence-corrected chi connectivity index (χ0v) is 12.3. The number of aryl methyl sites for hydroxylation is 1. The molecule has 0 aliphatic rings. The highest BCUT2D eigenvalue weighted by Crippen LogP contribution is 2.21. The fourth-order valence-electron chi connectivity index (χ4n) is 2.34. The summed E-state index contributed by atoms with van der Waals surface area (Å²) < 4.78 is 14.1. The quantitative estimate of drug-likeness (QED) is 0.896. The molecule has 0 radical (unpaired) electrons. The first-order valence-electron chi connectivity index (χ1n) is 6.80. The lowest BCUT2D eigenvalue weighted by molar-refractivity contribution is 0.618. The summed E-state index contributed by atoms with van der Waals surface area (Å²) in [6.07, 6.45) is 0. The Kier molecular flexibility index (Phi) is 4.74. The lowest BCUT2D eigenvalue weighted by Gasteiger charge is -2.20. The van der Waals surface area contributed by atoms with Gasteiger partial charge in [0, 0.05) is 20.1 Å². The highest BCUT2D eigenvalue weighted by Gasteiger charge is 2.09. The van der Waals surface area contributed by atoms with E-state index in [-0.39, 0.29) is 5.82 Å². The molecule has 20 heavy (non-hydrogen) atoms. The molecule has 2 rings (SSSR count). The van der Waals surface area contributed by atoms with Crippen molar-refractivity contribution in [3.05, 3.63) is 65.0 Å². The lowest BCUT2D eigenvalue weighted by atomic mass is 10.1. The Bertz CT molecular complexity index is 581. The number of hydrogen-bond acceptors (Lipinski definition) is 2. The fourth-order valence-corrected chi connectivity index (χ4v) is 2.34. The van der Waals surface area contributed by atoms with Crippen LogP contribution < -0.4 is 10.2 Å². The van der Waals surface area contributed by atoms with Gasteiger partial charge in [-0.2, -0.15) is 0 Å². The predicted molar refractivity (Wildman–Crippen MR) is 82.4 cm³/mol. The molecule has 2 nitrogen and oxygen atoms in total. The fraction of sp³-hybridized carbons (Fsp3) is 0.294. The Hall–Kier alpha value is -1.87. The van der Waals surface area contributed by atoms with E-state index in [1.807, 2.05) is 37.2 Å². The summed E-state index contributed by atoms with van der Waals surface area (Å²) in [4.78, 5) is 1.94. The summed E-state index contributed by atoms with van der Waals surface area (Å²) in [5, 5.41) is 3.03. The molecule has 0 saturated carbocycles. The smallest absolute Gasteiger partial charge is 0.146 e. The van der Waals surface area contributed by atoms with Crippen molar-refractivity contribution in [1.82, 2.24) is 5.32 Å². The van der Waals surface area contributed by atoms with Crippen molar-refractivity contribution < 1.29 is 4.39 Å². The summed E-state index contributed by atoms with van der Waals surface area (Å²) in [6, 6.07) is 13.7. The third-order valence-electron chi connectivity index (χ3n) is 3.31. The van der Waals surface area contributed by atoms with Crippen LogP contribution in [0.5, 0.6) is 0 Å². The van der Waals surface area contributed by atoms with Gasteiger partial charge in [-0.3, -0.25) is 0 Å². The molecular formula is C17H21FN2. The van der Waals surface area contributed by atoms with Gasteiger partial charge in [0.15, 0.2) is 0 Å². The van der Waals surface area contributed by atoms with Crippen LogP contribution in [0.2, 0.25) is 0 Å². The van der Waals surface area contributed by atoms with Crippen molar-refractivity contribution in [2.45, 2.75) is 20.0 Å². The van der Waals surface area contributed by atoms with Gasteiger partial charge in [0.05, 0.1) is 5.69 Å². The molecule has 0 fully saturated rings. The summed E-state index contributed by atoms with van der Waals surface area (Å²) >= 11 is 0. The Labute approximate surface area is 120 Å². The second kappa shape index (κ2) is 6.53. The lowest BCUT2D eigenvalue weighted by Crippen LogP contribution is -2.18. The van der Waals surface area contributed by atoms with E-state index in [1.165, 1.54) is 11.1 Å². The first-order valence-corrected chi connectivity index (χ1v) is 6.80. The predicted octanol–water partition coefficient (Wildman–Crippen LogP) is 3.49. The minimum absolute atomic E-state index is 0.173. The topological polar surface area (TPSA) is 15.3 Å². The van der Waals surface area contributed by atoms with E-state index in [2.05, 4.69) is 30.4 Å². The largest absolute Gasteiger partial charge is 0.368 e. The van der Waals surface area contributed by atoms with Crippen molar-refractivity contribution in [1.29, 1.82) is 0 Å².